The van der Waals surface area contributed by atoms with Crippen molar-refractivity contribution in [2.75, 3.05) is 37.9 Å². The number of aliphatic hydroxyl groups is 1. The number of halogens is 2. The number of hydrogen-bond acceptors (Lipinski definition) is 5. The second kappa shape index (κ2) is 8.27. The summed E-state index contributed by atoms with van der Waals surface area (Å²) in [6, 6.07) is 2.06. The number of anilines is 2. The van der Waals surface area contributed by atoms with Gasteiger partial charge in [-0.3, -0.25) is 5.32 Å². The smallest absolute Gasteiger partial charge is 0.411 e. The Labute approximate surface area is 177 Å². The molecular weight excluding hydrogens is 406 g/mol. The molecule has 0 saturated heterocycles. The van der Waals surface area contributed by atoms with Crippen molar-refractivity contribution in [2.45, 2.75) is 6.10 Å². The number of amides is 1. The molecule has 0 saturated carbocycles. The highest BCUT2D eigenvalue weighted by molar-refractivity contribution is 5.85. The van der Waals surface area contributed by atoms with Gasteiger partial charge in [0.1, 0.15) is 17.7 Å². The van der Waals surface area contributed by atoms with Crippen molar-refractivity contribution in [1.82, 2.24) is 9.88 Å². The van der Waals surface area contributed by atoms with Crippen molar-refractivity contribution in [3.63, 3.8) is 0 Å². The number of hydrogen-bond donors (Lipinski definition) is 4. The molecule has 1 aromatic heterocycles. The van der Waals surface area contributed by atoms with Crippen molar-refractivity contribution in [1.29, 1.82) is 0 Å². The van der Waals surface area contributed by atoms with Crippen LogP contribution >= 0.6 is 0 Å². The van der Waals surface area contributed by atoms with E-state index in [2.05, 4.69) is 20.4 Å². The van der Waals surface area contributed by atoms with Crippen molar-refractivity contribution in [3.05, 3.63) is 76.2 Å². The van der Waals surface area contributed by atoms with Gasteiger partial charge in [0.05, 0.1) is 18.4 Å². The van der Waals surface area contributed by atoms with E-state index in [-0.39, 0.29) is 5.69 Å². The number of H-pyrrole nitrogens is 1. The van der Waals surface area contributed by atoms with Gasteiger partial charge in [0, 0.05) is 37.5 Å². The molecule has 4 rings (SSSR count). The van der Waals surface area contributed by atoms with E-state index in [9.17, 15) is 18.7 Å². The summed E-state index contributed by atoms with van der Waals surface area (Å²) in [6.45, 7) is 1.31. The van der Waals surface area contributed by atoms with E-state index in [0.29, 0.717) is 23.5 Å². The van der Waals surface area contributed by atoms with Gasteiger partial charge in [-0.25, -0.2) is 13.6 Å². The van der Waals surface area contributed by atoms with E-state index in [1.54, 1.807) is 0 Å². The Morgan fingerprint density at radius 2 is 2.13 bits per heavy atom. The molecule has 31 heavy (non-hydrogen) atoms. The molecule has 0 aliphatic carbocycles. The molecule has 2 aromatic rings. The molecule has 1 atom stereocenters. The second-order valence-corrected chi connectivity index (χ2v) is 7.35. The van der Waals surface area contributed by atoms with Crippen LogP contribution in [0.25, 0.3) is 6.08 Å². The average molecular weight is 428 g/mol. The summed E-state index contributed by atoms with van der Waals surface area (Å²) in [7, 11) is 3.10. The SMILES string of the molecule is COC(=O)Nc1ccc(F)c(C(O)c2c[nH]c3c2C=C(C2=CC=CN(C)C2)CN3)c1F. The molecule has 0 radical (unpaired) electrons. The third-order valence-electron chi connectivity index (χ3n) is 5.31. The van der Waals surface area contributed by atoms with Gasteiger partial charge in [-0.1, -0.05) is 6.08 Å². The highest BCUT2D eigenvalue weighted by Crippen LogP contribution is 2.37. The quantitative estimate of drug-likeness (QED) is 0.596. The maximum Gasteiger partial charge on any atom is 0.411 e. The molecule has 1 amide bonds. The largest absolute Gasteiger partial charge is 0.453 e. The van der Waals surface area contributed by atoms with E-state index in [1.165, 1.54) is 6.20 Å². The summed E-state index contributed by atoms with van der Waals surface area (Å²) in [5, 5.41) is 16.3. The highest BCUT2D eigenvalue weighted by atomic mass is 19.1. The van der Waals surface area contributed by atoms with Crippen LogP contribution in [-0.2, 0) is 4.74 Å². The Balaban J connectivity index is 1.71. The topological polar surface area (TPSA) is 89.6 Å². The number of fused-ring (bicyclic) bond motifs is 1. The fraction of sp³-hybridized carbons (Fsp3) is 0.227. The van der Waals surface area contributed by atoms with Crippen LogP contribution in [0.5, 0.6) is 0 Å². The van der Waals surface area contributed by atoms with Crippen LogP contribution in [0.2, 0.25) is 0 Å². The molecule has 1 aromatic carbocycles. The Bertz CT molecular complexity index is 1120. The van der Waals surface area contributed by atoms with Gasteiger partial charge in [-0.05, 0) is 41.6 Å². The van der Waals surface area contributed by atoms with Crippen molar-refractivity contribution in [3.8, 4) is 0 Å². The number of nitrogens with one attached hydrogen (secondary N) is 3. The molecule has 4 N–H and O–H groups in total. The van der Waals surface area contributed by atoms with Crippen LogP contribution in [0.15, 0.2) is 47.8 Å². The molecule has 0 fully saturated rings. The predicted octanol–water partition coefficient (Wildman–Crippen LogP) is 3.75. The highest BCUT2D eigenvalue weighted by Gasteiger charge is 2.28. The second-order valence-electron chi connectivity index (χ2n) is 7.35. The van der Waals surface area contributed by atoms with Gasteiger partial charge in [0.25, 0.3) is 0 Å². The zero-order chi connectivity index (χ0) is 22.1. The lowest BCUT2D eigenvalue weighted by Crippen LogP contribution is -2.21. The molecule has 3 heterocycles. The summed E-state index contributed by atoms with van der Waals surface area (Å²) in [4.78, 5) is 16.5. The average Bonchev–Trinajstić information content (AvgIpc) is 3.19. The van der Waals surface area contributed by atoms with Crippen LogP contribution < -0.4 is 10.6 Å². The van der Waals surface area contributed by atoms with Crippen LogP contribution in [0.4, 0.5) is 25.1 Å². The first-order valence-electron chi connectivity index (χ1n) is 9.63. The molecule has 2 aliphatic heterocycles. The van der Waals surface area contributed by atoms with Gasteiger partial charge >= 0.3 is 6.09 Å². The Morgan fingerprint density at radius 3 is 2.87 bits per heavy atom. The van der Waals surface area contributed by atoms with E-state index in [1.807, 2.05) is 36.4 Å². The lowest BCUT2D eigenvalue weighted by molar-refractivity contribution is 0.186. The summed E-state index contributed by atoms with van der Waals surface area (Å²) >= 11 is 0. The molecule has 0 spiro atoms. The Morgan fingerprint density at radius 1 is 1.32 bits per heavy atom. The van der Waals surface area contributed by atoms with Gasteiger partial charge in [0.2, 0.25) is 0 Å². The maximum absolute atomic E-state index is 15.0. The zero-order valence-corrected chi connectivity index (χ0v) is 17.0. The van der Waals surface area contributed by atoms with Crippen molar-refractivity contribution < 1.29 is 23.4 Å². The Hall–Kier alpha value is -3.59. The number of carbonyl (C=O) groups is 1. The fourth-order valence-electron chi connectivity index (χ4n) is 3.71. The van der Waals surface area contributed by atoms with Crippen molar-refractivity contribution in [2.24, 2.45) is 0 Å². The molecule has 162 valence electrons. The van der Waals surface area contributed by atoms with E-state index in [0.717, 1.165) is 36.9 Å². The lowest BCUT2D eigenvalue weighted by atomic mass is 9.93. The maximum atomic E-state index is 15.0. The van der Waals surface area contributed by atoms with Crippen molar-refractivity contribution >= 4 is 23.7 Å². The fourth-order valence-corrected chi connectivity index (χ4v) is 3.71. The molecular formula is C22H22F2N4O3. The summed E-state index contributed by atoms with van der Waals surface area (Å²) in [6.07, 6.45) is 6.86. The number of benzene rings is 1. The molecule has 2 aliphatic rings. The minimum atomic E-state index is -1.60. The van der Waals surface area contributed by atoms with E-state index >= 15 is 0 Å². The lowest BCUT2D eigenvalue weighted by Gasteiger charge is -2.25. The Kier molecular flexibility index (Phi) is 5.51. The number of aliphatic hydroxyl groups excluding tert-OH is 1. The molecule has 1 unspecified atom stereocenters. The first kappa shape index (κ1) is 20.7. The normalized spacial score (nSPS) is 16.1. The number of carbonyl (C=O) groups excluding carboxylic acids is 1. The van der Waals surface area contributed by atoms with Gasteiger partial charge in [-0.15, -0.1) is 0 Å². The standard InChI is InChI=1S/C22H22F2N4O3/c1-28-7-3-4-12(11-28)13-8-14-15(10-26-21(14)25-9-13)20(29)18-16(23)5-6-17(19(18)24)27-22(30)31-2/h3-8,10,20,25-26,29H,9,11H2,1-2H3,(H,27,30). The van der Waals surface area contributed by atoms with Crippen LogP contribution in [0.3, 0.4) is 0 Å². The number of methoxy groups -OCH3 is 1. The first-order valence-corrected chi connectivity index (χ1v) is 9.63. The van der Waals surface area contributed by atoms with Gasteiger partial charge in [-0.2, -0.15) is 0 Å². The minimum Gasteiger partial charge on any atom is -0.453 e. The number of allylic oxidation sites excluding steroid dienone is 2. The first-order chi connectivity index (χ1) is 14.9. The number of likely N-dealkylation sites (N-methyl/N-ethyl adjacent to an activating group) is 1. The minimum absolute atomic E-state index is 0.289. The summed E-state index contributed by atoms with van der Waals surface area (Å²) < 4.78 is 34.0. The predicted molar refractivity (Wildman–Crippen MR) is 114 cm³/mol. The number of aromatic nitrogens is 1. The zero-order valence-electron chi connectivity index (χ0n) is 17.0. The molecule has 7 nitrogen and oxygen atoms in total. The number of rotatable bonds is 4. The van der Waals surface area contributed by atoms with Crippen LogP contribution in [-0.4, -0.2) is 48.3 Å². The summed E-state index contributed by atoms with van der Waals surface area (Å²) in [5.41, 5.74) is 2.20. The number of nitrogens with zero attached hydrogens (tertiary/aromatic N) is 1. The monoisotopic (exact) mass is 428 g/mol. The van der Waals surface area contributed by atoms with Gasteiger partial charge < -0.3 is 25.0 Å². The number of aromatic amines is 1. The third kappa shape index (κ3) is 3.91. The molecule has 9 heteroatoms. The van der Waals surface area contributed by atoms with Crippen LogP contribution in [0.1, 0.15) is 22.8 Å². The molecule has 0 bridgehead atoms. The van der Waals surface area contributed by atoms with E-state index < -0.39 is 29.4 Å². The summed E-state index contributed by atoms with van der Waals surface area (Å²) in [5.74, 6) is -1.34. The third-order valence-corrected chi connectivity index (χ3v) is 5.31. The van der Waals surface area contributed by atoms with Gasteiger partial charge in [0.15, 0.2) is 5.82 Å². The van der Waals surface area contributed by atoms with E-state index in [4.69, 9.17) is 0 Å². The number of ether oxygens (including phenoxy) is 1. The van der Waals surface area contributed by atoms with Crippen LogP contribution in [0, 0.1) is 11.6 Å².